The van der Waals surface area contributed by atoms with Gasteiger partial charge in [0.2, 0.25) is 0 Å². The fraction of sp³-hybridized carbons (Fsp3) is 0.538. The van der Waals surface area contributed by atoms with Crippen molar-refractivity contribution in [2.45, 2.75) is 32.9 Å². The summed E-state index contributed by atoms with van der Waals surface area (Å²) >= 11 is 6.07. The molecule has 0 atom stereocenters. The van der Waals surface area contributed by atoms with E-state index < -0.39 is 0 Å². The smallest absolute Gasteiger partial charge is 0.0639 e. The molecule has 2 nitrogen and oxygen atoms in total. The number of aryl methyl sites for hydroxylation is 1. The molecule has 0 aliphatic heterocycles. The number of ether oxygens (including phenoxy) is 1. The molecule has 0 saturated carbocycles. The summed E-state index contributed by atoms with van der Waals surface area (Å²) in [4.78, 5) is 0. The maximum Gasteiger partial charge on any atom is 0.0639 e. The van der Waals surface area contributed by atoms with E-state index in [0.29, 0.717) is 6.61 Å². The molecule has 0 amide bonds. The van der Waals surface area contributed by atoms with Crippen molar-refractivity contribution < 1.29 is 4.74 Å². The van der Waals surface area contributed by atoms with Gasteiger partial charge in [-0.25, -0.2) is 0 Å². The van der Waals surface area contributed by atoms with Crippen LogP contribution in [-0.2, 0) is 11.3 Å². The van der Waals surface area contributed by atoms with Crippen LogP contribution in [0.1, 0.15) is 25.0 Å². The lowest BCUT2D eigenvalue weighted by Crippen LogP contribution is -2.42. The van der Waals surface area contributed by atoms with Crippen LogP contribution in [0.3, 0.4) is 0 Å². The molecule has 1 N–H and O–H groups in total. The van der Waals surface area contributed by atoms with Crippen LogP contribution in [0.5, 0.6) is 0 Å². The Balaban J connectivity index is 2.57. The highest BCUT2D eigenvalue weighted by Crippen LogP contribution is 2.17. The summed E-state index contributed by atoms with van der Waals surface area (Å²) < 4.78 is 5.15. The van der Waals surface area contributed by atoms with Crippen molar-refractivity contribution in [3.8, 4) is 0 Å². The van der Waals surface area contributed by atoms with Crippen molar-refractivity contribution in [1.29, 1.82) is 0 Å². The highest BCUT2D eigenvalue weighted by Gasteiger charge is 2.16. The zero-order chi connectivity index (χ0) is 12.2. The predicted octanol–water partition coefficient (Wildman–Crippen LogP) is 3.16. The van der Waals surface area contributed by atoms with E-state index in [2.05, 4.69) is 25.2 Å². The minimum Gasteiger partial charge on any atom is -0.383 e. The summed E-state index contributed by atoms with van der Waals surface area (Å²) in [5.41, 5.74) is 2.29. The normalized spacial score (nSPS) is 11.8. The topological polar surface area (TPSA) is 21.3 Å². The Labute approximate surface area is 103 Å². The third kappa shape index (κ3) is 4.12. The number of nitrogens with one attached hydrogen (secondary N) is 1. The van der Waals surface area contributed by atoms with Crippen LogP contribution in [0.2, 0.25) is 5.02 Å². The molecule has 0 unspecified atom stereocenters. The minimum absolute atomic E-state index is 0.0217. The maximum atomic E-state index is 6.07. The second-order valence-electron chi connectivity index (χ2n) is 4.75. The number of hydrogen-bond acceptors (Lipinski definition) is 2. The highest BCUT2D eigenvalue weighted by molar-refractivity contribution is 6.31. The molecule has 0 fully saturated rings. The van der Waals surface area contributed by atoms with E-state index in [-0.39, 0.29) is 5.54 Å². The van der Waals surface area contributed by atoms with Gasteiger partial charge in [-0.1, -0.05) is 23.7 Å². The molecule has 0 saturated heterocycles. The van der Waals surface area contributed by atoms with E-state index in [1.54, 1.807) is 7.11 Å². The first kappa shape index (κ1) is 13.5. The Kier molecular flexibility index (Phi) is 4.78. The summed E-state index contributed by atoms with van der Waals surface area (Å²) in [5.74, 6) is 0. The van der Waals surface area contributed by atoms with Crippen molar-refractivity contribution >= 4 is 11.6 Å². The monoisotopic (exact) mass is 241 g/mol. The molecule has 1 rings (SSSR count). The van der Waals surface area contributed by atoms with Gasteiger partial charge in [-0.05, 0) is 38.0 Å². The van der Waals surface area contributed by atoms with Gasteiger partial charge in [-0.2, -0.15) is 0 Å². The maximum absolute atomic E-state index is 6.07. The molecule has 1 aromatic carbocycles. The predicted molar refractivity (Wildman–Crippen MR) is 69.0 cm³/mol. The minimum atomic E-state index is -0.0217. The number of hydrogen-bond donors (Lipinski definition) is 1. The lowest BCUT2D eigenvalue weighted by atomic mass is 10.1. The van der Waals surface area contributed by atoms with Crippen LogP contribution in [0.25, 0.3) is 0 Å². The van der Waals surface area contributed by atoms with E-state index >= 15 is 0 Å². The Bertz CT molecular complexity index is 350. The molecular weight excluding hydrogens is 222 g/mol. The van der Waals surface area contributed by atoms with Gasteiger partial charge in [0.1, 0.15) is 0 Å². The lowest BCUT2D eigenvalue weighted by molar-refractivity contribution is 0.128. The molecule has 3 heteroatoms. The zero-order valence-corrected chi connectivity index (χ0v) is 11.2. The number of methoxy groups -OCH3 is 1. The van der Waals surface area contributed by atoms with Gasteiger partial charge in [-0.15, -0.1) is 0 Å². The molecular formula is C13H20ClNO. The quantitative estimate of drug-likeness (QED) is 0.855. The third-order valence-electron chi connectivity index (χ3n) is 2.51. The van der Waals surface area contributed by atoms with Crippen LogP contribution in [0.4, 0.5) is 0 Å². The van der Waals surface area contributed by atoms with E-state index in [0.717, 1.165) is 17.1 Å². The standard InChI is InChI=1S/C13H20ClNO/c1-10-5-6-11(7-12(10)14)8-15-13(2,3)9-16-4/h5-7,15H,8-9H2,1-4H3. The summed E-state index contributed by atoms with van der Waals surface area (Å²) in [6, 6.07) is 6.15. The van der Waals surface area contributed by atoms with Crippen LogP contribution in [0.15, 0.2) is 18.2 Å². The van der Waals surface area contributed by atoms with E-state index in [1.165, 1.54) is 5.56 Å². The average Bonchev–Trinajstić information content (AvgIpc) is 2.20. The van der Waals surface area contributed by atoms with Crippen molar-refractivity contribution in [2.24, 2.45) is 0 Å². The Hall–Kier alpha value is -0.570. The van der Waals surface area contributed by atoms with Crippen LogP contribution >= 0.6 is 11.6 Å². The summed E-state index contributed by atoms with van der Waals surface area (Å²) in [6.07, 6.45) is 0. The van der Waals surface area contributed by atoms with E-state index in [1.807, 2.05) is 19.1 Å². The van der Waals surface area contributed by atoms with Crippen molar-refractivity contribution in [3.63, 3.8) is 0 Å². The van der Waals surface area contributed by atoms with Gasteiger partial charge in [0.25, 0.3) is 0 Å². The lowest BCUT2D eigenvalue weighted by Gasteiger charge is -2.25. The first-order valence-electron chi connectivity index (χ1n) is 5.43. The van der Waals surface area contributed by atoms with Gasteiger partial charge >= 0.3 is 0 Å². The summed E-state index contributed by atoms with van der Waals surface area (Å²) in [6.45, 7) is 7.73. The molecule has 16 heavy (non-hydrogen) atoms. The molecule has 0 aliphatic rings. The second kappa shape index (κ2) is 5.67. The first-order valence-corrected chi connectivity index (χ1v) is 5.81. The molecule has 0 spiro atoms. The molecule has 0 heterocycles. The van der Waals surface area contributed by atoms with Gasteiger partial charge in [0, 0.05) is 24.2 Å². The fourth-order valence-electron chi connectivity index (χ4n) is 1.50. The molecule has 1 aromatic rings. The molecule has 0 bridgehead atoms. The summed E-state index contributed by atoms with van der Waals surface area (Å²) in [5, 5.41) is 4.26. The highest BCUT2D eigenvalue weighted by atomic mass is 35.5. The van der Waals surface area contributed by atoms with Crippen molar-refractivity contribution in [3.05, 3.63) is 34.3 Å². The Morgan fingerprint density at radius 1 is 1.38 bits per heavy atom. The van der Waals surface area contributed by atoms with Gasteiger partial charge in [-0.3, -0.25) is 0 Å². The van der Waals surface area contributed by atoms with E-state index in [9.17, 15) is 0 Å². The number of benzene rings is 1. The van der Waals surface area contributed by atoms with Gasteiger partial charge < -0.3 is 10.1 Å². The van der Waals surface area contributed by atoms with Gasteiger partial charge in [0.05, 0.1) is 6.61 Å². The molecule has 0 radical (unpaired) electrons. The Morgan fingerprint density at radius 2 is 2.06 bits per heavy atom. The SMILES string of the molecule is COCC(C)(C)NCc1ccc(C)c(Cl)c1. The van der Waals surface area contributed by atoms with Crippen LogP contribution in [-0.4, -0.2) is 19.3 Å². The third-order valence-corrected chi connectivity index (χ3v) is 2.92. The van der Waals surface area contributed by atoms with Crippen LogP contribution < -0.4 is 5.32 Å². The van der Waals surface area contributed by atoms with E-state index in [4.69, 9.17) is 16.3 Å². The molecule has 0 aliphatic carbocycles. The second-order valence-corrected chi connectivity index (χ2v) is 5.16. The number of rotatable bonds is 5. The zero-order valence-electron chi connectivity index (χ0n) is 10.4. The average molecular weight is 242 g/mol. The number of halogens is 1. The fourth-order valence-corrected chi connectivity index (χ4v) is 1.70. The Morgan fingerprint density at radius 3 is 2.62 bits per heavy atom. The van der Waals surface area contributed by atoms with Crippen molar-refractivity contribution in [2.75, 3.05) is 13.7 Å². The summed E-state index contributed by atoms with van der Waals surface area (Å²) in [7, 11) is 1.71. The van der Waals surface area contributed by atoms with Crippen LogP contribution in [0, 0.1) is 6.92 Å². The first-order chi connectivity index (χ1) is 7.44. The van der Waals surface area contributed by atoms with Gasteiger partial charge in [0.15, 0.2) is 0 Å². The molecule has 0 aromatic heterocycles. The molecule has 90 valence electrons. The largest absolute Gasteiger partial charge is 0.383 e. The van der Waals surface area contributed by atoms with Crippen molar-refractivity contribution in [1.82, 2.24) is 5.32 Å².